The van der Waals surface area contributed by atoms with Gasteiger partial charge in [-0.1, -0.05) is 12.1 Å². The number of rotatable bonds is 4. The van der Waals surface area contributed by atoms with Gasteiger partial charge in [-0.25, -0.2) is 14.6 Å². The minimum absolute atomic E-state index is 0.352. The summed E-state index contributed by atoms with van der Waals surface area (Å²) in [5.74, 6) is -0.480. The smallest absolute Gasteiger partial charge is 0.350 e. The second-order valence-corrected chi connectivity index (χ2v) is 8.20. The van der Waals surface area contributed by atoms with E-state index >= 15 is 0 Å². The van der Waals surface area contributed by atoms with Gasteiger partial charge in [-0.2, -0.15) is 0 Å². The molecule has 4 rings (SSSR count). The van der Waals surface area contributed by atoms with Gasteiger partial charge in [-0.3, -0.25) is 0 Å². The van der Waals surface area contributed by atoms with Crippen LogP contribution in [0.2, 0.25) is 0 Å². The number of carbonyl (C=O) groups is 2. The summed E-state index contributed by atoms with van der Waals surface area (Å²) < 4.78 is 5.86. The number of fused-ring (bicyclic) bond motifs is 1. The quantitative estimate of drug-likeness (QED) is 0.409. The molecule has 8 heteroatoms. The third kappa shape index (κ3) is 3.98. The van der Waals surface area contributed by atoms with Gasteiger partial charge in [0, 0.05) is 11.3 Å². The van der Waals surface area contributed by atoms with Crippen LogP contribution in [0, 0.1) is 6.92 Å². The molecule has 2 N–H and O–H groups in total. The molecule has 0 spiro atoms. The lowest BCUT2D eigenvalue weighted by Gasteiger charge is -2.11. The van der Waals surface area contributed by atoms with Crippen LogP contribution in [0.25, 0.3) is 20.8 Å². The summed E-state index contributed by atoms with van der Waals surface area (Å²) in [7, 11) is 1.31. The zero-order valence-corrected chi connectivity index (χ0v) is 17.3. The highest BCUT2D eigenvalue weighted by molar-refractivity contribution is 7.21. The lowest BCUT2D eigenvalue weighted by Crippen LogP contribution is -2.21. The number of benzene rings is 2. The van der Waals surface area contributed by atoms with Crippen molar-refractivity contribution in [2.45, 2.75) is 6.92 Å². The first-order valence-corrected chi connectivity index (χ1v) is 10.4. The Balaban J connectivity index is 1.50. The van der Waals surface area contributed by atoms with Gasteiger partial charge >= 0.3 is 12.0 Å². The number of amides is 2. The first-order chi connectivity index (χ1) is 14.0. The van der Waals surface area contributed by atoms with Crippen LogP contribution in [0.1, 0.15) is 15.2 Å². The number of hydrogen-bond donors (Lipinski definition) is 2. The molecule has 0 unspecified atom stereocenters. The largest absolute Gasteiger partial charge is 0.465 e. The number of urea groups is 1. The molecular formula is C21H17N3O3S2. The molecule has 4 aromatic rings. The van der Waals surface area contributed by atoms with Gasteiger partial charge < -0.3 is 15.4 Å². The zero-order valence-electron chi connectivity index (χ0n) is 15.7. The average molecular weight is 424 g/mol. The summed E-state index contributed by atoms with van der Waals surface area (Å²) >= 11 is 2.85. The van der Waals surface area contributed by atoms with Crippen LogP contribution >= 0.6 is 22.7 Å². The van der Waals surface area contributed by atoms with Gasteiger partial charge in [0.25, 0.3) is 0 Å². The van der Waals surface area contributed by atoms with E-state index in [-0.39, 0.29) is 0 Å². The molecule has 0 aliphatic heterocycles. The number of hydrogen-bond acceptors (Lipinski definition) is 6. The van der Waals surface area contributed by atoms with Gasteiger partial charge in [0.15, 0.2) is 0 Å². The average Bonchev–Trinajstić information content (AvgIpc) is 3.35. The van der Waals surface area contributed by atoms with E-state index in [2.05, 4.69) is 21.7 Å². The van der Waals surface area contributed by atoms with E-state index in [1.54, 1.807) is 22.8 Å². The van der Waals surface area contributed by atoms with Crippen LogP contribution in [-0.4, -0.2) is 24.1 Å². The number of para-hydroxylation sites is 1. The molecule has 6 nitrogen and oxygen atoms in total. The fourth-order valence-corrected chi connectivity index (χ4v) is 4.59. The summed E-state index contributed by atoms with van der Waals surface area (Å²) in [6.07, 6.45) is 0. The fourth-order valence-electron chi connectivity index (χ4n) is 2.87. The van der Waals surface area contributed by atoms with Crippen molar-refractivity contribution in [3.8, 4) is 10.6 Å². The zero-order chi connectivity index (χ0) is 20.4. The number of ether oxygens (including phenoxy) is 1. The number of aromatic nitrogens is 1. The Labute approximate surface area is 175 Å². The Morgan fingerprint density at radius 3 is 2.59 bits per heavy atom. The fraction of sp³-hybridized carbons (Fsp3) is 0.0952. The molecule has 0 aliphatic carbocycles. The molecule has 0 atom stereocenters. The van der Waals surface area contributed by atoms with E-state index in [1.807, 2.05) is 43.3 Å². The molecule has 0 saturated heterocycles. The minimum atomic E-state index is -0.480. The Morgan fingerprint density at radius 2 is 1.83 bits per heavy atom. The highest BCUT2D eigenvalue weighted by atomic mass is 32.1. The van der Waals surface area contributed by atoms with Crippen molar-refractivity contribution in [3.05, 3.63) is 64.4 Å². The van der Waals surface area contributed by atoms with Crippen LogP contribution in [-0.2, 0) is 4.74 Å². The molecule has 2 aromatic heterocycles. The van der Waals surface area contributed by atoms with Crippen LogP contribution in [0.4, 0.5) is 16.2 Å². The minimum Gasteiger partial charge on any atom is -0.465 e. The lowest BCUT2D eigenvalue weighted by molar-refractivity contribution is 0.0607. The molecule has 0 fully saturated rings. The molecule has 146 valence electrons. The maximum absolute atomic E-state index is 12.4. The van der Waals surface area contributed by atoms with E-state index in [0.717, 1.165) is 26.4 Å². The number of carbonyl (C=O) groups excluding carboxylic acids is 2. The normalized spacial score (nSPS) is 10.7. The van der Waals surface area contributed by atoms with Gasteiger partial charge in [-0.05, 0) is 54.3 Å². The first-order valence-electron chi connectivity index (χ1n) is 8.75. The molecule has 2 amide bonds. The van der Waals surface area contributed by atoms with E-state index in [4.69, 9.17) is 4.74 Å². The van der Waals surface area contributed by atoms with Crippen molar-refractivity contribution in [1.29, 1.82) is 0 Å². The molecular weight excluding hydrogens is 406 g/mol. The predicted octanol–water partition coefficient (Wildman–Crippen LogP) is 5.76. The molecule has 2 aromatic carbocycles. The van der Waals surface area contributed by atoms with Crippen LogP contribution in [0.3, 0.4) is 0 Å². The third-order valence-electron chi connectivity index (χ3n) is 4.30. The monoisotopic (exact) mass is 423 g/mol. The van der Waals surface area contributed by atoms with Crippen LogP contribution < -0.4 is 10.6 Å². The third-order valence-corrected chi connectivity index (χ3v) is 6.28. The number of thiazole rings is 1. The molecule has 0 bridgehead atoms. The summed E-state index contributed by atoms with van der Waals surface area (Å²) in [5, 5.41) is 8.18. The van der Waals surface area contributed by atoms with E-state index in [0.29, 0.717) is 16.3 Å². The summed E-state index contributed by atoms with van der Waals surface area (Å²) in [6.45, 7) is 1.93. The summed E-state index contributed by atoms with van der Waals surface area (Å²) in [4.78, 5) is 29.2. The highest BCUT2D eigenvalue weighted by Gasteiger charge is 2.16. The maximum Gasteiger partial charge on any atom is 0.350 e. The van der Waals surface area contributed by atoms with Crippen LogP contribution in [0.5, 0.6) is 0 Å². The molecule has 0 aliphatic rings. The van der Waals surface area contributed by atoms with Crippen molar-refractivity contribution in [3.63, 3.8) is 0 Å². The number of methoxy groups -OCH3 is 1. The summed E-state index contributed by atoms with van der Waals surface area (Å²) in [5.41, 5.74) is 3.99. The SMILES string of the molecule is COC(=O)c1sccc1NC(=O)Nc1ccc(-c2nc3ccccc3s2)cc1C. The van der Waals surface area contributed by atoms with Crippen molar-refractivity contribution in [1.82, 2.24) is 4.98 Å². The van der Waals surface area contributed by atoms with Crippen LogP contribution in [0.15, 0.2) is 53.9 Å². The Hall–Kier alpha value is -3.23. The molecule has 0 radical (unpaired) electrons. The number of thiophene rings is 1. The Bertz CT molecular complexity index is 1180. The van der Waals surface area contributed by atoms with Crippen molar-refractivity contribution in [2.24, 2.45) is 0 Å². The van der Waals surface area contributed by atoms with E-state index < -0.39 is 12.0 Å². The molecule has 29 heavy (non-hydrogen) atoms. The number of anilines is 2. The van der Waals surface area contributed by atoms with Crippen molar-refractivity contribution >= 4 is 56.3 Å². The Morgan fingerprint density at radius 1 is 1.03 bits per heavy atom. The number of esters is 1. The van der Waals surface area contributed by atoms with Gasteiger partial charge in [0.2, 0.25) is 0 Å². The maximum atomic E-state index is 12.4. The number of aryl methyl sites for hydroxylation is 1. The van der Waals surface area contributed by atoms with Crippen molar-refractivity contribution < 1.29 is 14.3 Å². The molecule has 2 heterocycles. The molecule has 0 saturated carbocycles. The highest BCUT2D eigenvalue weighted by Crippen LogP contribution is 2.32. The lowest BCUT2D eigenvalue weighted by atomic mass is 10.1. The first kappa shape index (κ1) is 19.1. The number of nitrogens with zero attached hydrogens (tertiary/aromatic N) is 1. The predicted molar refractivity (Wildman–Crippen MR) is 118 cm³/mol. The topological polar surface area (TPSA) is 80.3 Å². The van der Waals surface area contributed by atoms with Gasteiger partial charge in [-0.15, -0.1) is 22.7 Å². The van der Waals surface area contributed by atoms with Gasteiger partial charge in [0.1, 0.15) is 9.88 Å². The number of nitrogens with one attached hydrogen (secondary N) is 2. The van der Waals surface area contributed by atoms with E-state index in [9.17, 15) is 9.59 Å². The second kappa shape index (κ2) is 8.02. The van der Waals surface area contributed by atoms with E-state index in [1.165, 1.54) is 18.4 Å². The van der Waals surface area contributed by atoms with Crippen molar-refractivity contribution in [2.75, 3.05) is 17.7 Å². The summed E-state index contributed by atoms with van der Waals surface area (Å²) in [6, 6.07) is 15.0. The standard InChI is InChI=1S/C21H17N3O3S2/c1-12-11-13(19-22-15-5-3-4-6-17(15)29-19)7-8-14(12)23-21(26)24-16-9-10-28-18(16)20(25)27-2/h3-11H,1-2H3,(H2,23,24,26). The van der Waals surface area contributed by atoms with Gasteiger partial charge in [0.05, 0.1) is 23.0 Å². The Kier molecular flexibility index (Phi) is 5.28. The second-order valence-electron chi connectivity index (χ2n) is 6.25.